The summed E-state index contributed by atoms with van der Waals surface area (Å²) >= 11 is 0. The van der Waals surface area contributed by atoms with E-state index < -0.39 is 42.2 Å². The van der Waals surface area contributed by atoms with E-state index in [1.807, 2.05) is 25.7 Å². The predicted molar refractivity (Wildman–Crippen MR) is 141 cm³/mol. The van der Waals surface area contributed by atoms with Crippen LogP contribution in [0, 0.1) is 5.82 Å². The number of piperidine rings is 1. The van der Waals surface area contributed by atoms with Gasteiger partial charge in [0.05, 0.1) is 47.7 Å². The summed E-state index contributed by atoms with van der Waals surface area (Å²) < 4.78 is 77.9. The van der Waals surface area contributed by atoms with Crippen LogP contribution in [-0.4, -0.2) is 79.0 Å². The van der Waals surface area contributed by atoms with Crippen molar-refractivity contribution >= 4 is 22.5 Å². The number of rotatable bonds is 7. The summed E-state index contributed by atoms with van der Waals surface area (Å²) in [6, 6.07) is 1.32. The van der Waals surface area contributed by atoms with Crippen molar-refractivity contribution < 1.29 is 31.3 Å². The van der Waals surface area contributed by atoms with Crippen molar-refractivity contribution in [3.63, 3.8) is 0 Å². The Labute approximate surface area is 237 Å². The van der Waals surface area contributed by atoms with Crippen molar-refractivity contribution in [2.24, 2.45) is 0 Å². The molecule has 1 fully saturated rings. The van der Waals surface area contributed by atoms with E-state index in [2.05, 4.69) is 31.0 Å². The molecule has 4 heterocycles. The number of nitrogens with zero attached hydrogens (tertiary/aromatic N) is 7. The van der Waals surface area contributed by atoms with Gasteiger partial charge in [0.25, 0.3) is 11.9 Å². The van der Waals surface area contributed by atoms with Gasteiger partial charge in [-0.05, 0) is 51.5 Å². The standard InChI is InChI=1S/C26H30F5N9O2/c1-25(2,3)39-12-14(10-33-39)23(41)32-11-21-35-24(37-42-21)40-20(9-26(29,30)31)16-7-15(27)8-19(22(16)36-40)34-18-5-6-38(4)13-17(18)28/h7-8,10,12,17-18,34H,5-6,9,11,13H2,1-4H3,(H,32,41)/t17-,18+/m0/s1. The van der Waals surface area contributed by atoms with E-state index >= 15 is 0 Å². The Morgan fingerprint density at radius 1 is 1.21 bits per heavy atom. The van der Waals surface area contributed by atoms with Crippen LogP contribution in [0.4, 0.5) is 27.6 Å². The topological polar surface area (TPSA) is 119 Å². The van der Waals surface area contributed by atoms with Crippen LogP contribution in [0.2, 0.25) is 0 Å². The van der Waals surface area contributed by atoms with Crippen molar-refractivity contribution in [3.05, 3.63) is 47.5 Å². The SMILES string of the molecule is CN1CC[C@@H](Nc2cc(F)cc3c(CC(F)(F)F)n(-c4noc(CNC(=O)c5cnn(C(C)(C)C)c5)n4)nc23)[C@@H](F)C1. The first kappa shape index (κ1) is 29.4. The fraction of sp³-hybridized carbons (Fsp3) is 0.500. The van der Waals surface area contributed by atoms with Crippen molar-refractivity contribution in [3.8, 4) is 5.95 Å². The highest BCUT2D eigenvalue weighted by molar-refractivity contribution is 5.94. The monoisotopic (exact) mass is 595 g/mol. The largest absolute Gasteiger partial charge is 0.394 e. The van der Waals surface area contributed by atoms with Gasteiger partial charge in [-0.15, -0.1) is 0 Å². The number of amides is 1. The van der Waals surface area contributed by atoms with Gasteiger partial charge in [0, 0.05) is 24.7 Å². The second-order valence-electron chi connectivity index (χ2n) is 11.3. The number of benzene rings is 1. The lowest BCUT2D eigenvalue weighted by atomic mass is 10.0. The van der Waals surface area contributed by atoms with Crippen LogP contribution in [0.25, 0.3) is 16.9 Å². The van der Waals surface area contributed by atoms with Gasteiger partial charge in [-0.1, -0.05) is 0 Å². The number of fused-ring (bicyclic) bond motifs is 1. The molecule has 2 atom stereocenters. The Hall–Kier alpha value is -4.08. The van der Waals surface area contributed by atoms with E-state index in [0.29, 0.717) is 13.0 Å². The molecule has 0 bridgehead atoms. The third-order valence-corrected chi connectivity index (χ3v) is 6.87. The number of anilines is 1. The molecule has 0 aliphatic carbocycles. The minimum absolute atomic E-state index is 0.00251. The number of halogens is 5. The number of alkyl halides is 4. The zero-order valence-corrected chi connectivity index (χ0v) is 23.3. The van der Waals surface area contributed by atoms with Gasteiger partial charge in [-0.2, -0.15) is 33.0 Å². The van der Waals surface area contributed by atoms with E-state index in [-0.39, 0.29) is 52.6 Å². The van der Waals surface area contributed by atoms with Gasteiger partial charge in [0.15, 0.2) is 0 Å². The summed E-state index contributed by atoms with van der Waals surface area (Å²) in [7, 11) is 1.78. The average Bonchev–Trinajstić information content (AvgIpc) is 3.63. The summed E-state index contributed by atoms with van der Waals surface area (Å²) in [5, 5.41) is 17.6. The molecular formula is C26H30F5N9O2. The number of hydrogen-bond donors (Lipinski definition) is 2. The molecule has 42 heavy (non-hydrogen) atoms. The maximum atomic E-state index is 14.7. The number of likely N-dealkylation sites (tertiary alicyclic amines) is 1. The Morgan fingerprint density at radius 2 is 1.98 bits per heavy atom. The van der Waals surface area contributed by atoms with Crippen LogP contribution in [0.5, 0.6) is 0 Å². The van der Waals surface area contributed by atoms with Gasteiger partial charge in [0.2, 0.25) is 5.89 Å². The fourth-order valence-electron chi connectivity index (χ4n) is 4.72. The zero-order chi connectivity index (χ0) is 30.4. The van der Waals surface area contributed by atoms with Crippen LogP contribution in [0.15, 0.2) is 29.0 Å². The fourth-order valence-corrected chi connectivity index (χ4v) is 4.72. The summed E-state index contributed by atoms with van der Waals surface area (Å²) in [5.74, 6) is -1.74. The van der Waals surface area contributed by atoms with Crippen LogP contribution in [0.1, 0.15) is 49.1 Å². The molecule has 3 aromatic heterocycles. The van der Waals surface area contributed by atoms with Gasteiger partial charge in [-0.25, -0.2) is 8.78 Å². The molecule has 4 aromatic rings. The molecule has 1 aromatic carbocycles. The van der Waals surface area contributed by atoms with Crippen molar-refractivity contribution in [2.45, 2.75) is 64.1 Å². The Bertz CT molecular complexity index is 1590. The Morgan fingerprint density at radius 3 is 2.64 bits per heavy atom. The Kier molecular flexibility index (Phi) is 7.68. The van der Waals surface area contributed by atoms with E-state index in [9.17, 15) is 26.7 Å². The van der Waals surface area contributed by atoms with Crippen LogP contribution in [-0.2, 0) is 18.5 Å². The number of carbonyl (C=O) groups excluding carboxylic acids is 1. The average molecular weight is 596 g/mol. The molecule has 1 aliphatic rings. The molecule has 0 radical (unpaired) electrons. The lowest BCUT2D eigenvalue weighted by molar-refractivity contribution is -0.128. The molecule has 5 rings (SSSR count). The molecular weight excluding hydrogens is 565 g/mol. The van der Waals surface area contributed by atoms with Crippen molar-refractivity contribution in [1.82, 2.24) is 39.9 Å². The first-order valence-electron chi connectivity index (χ1n) is 13.2. The van der Waals surface area contributed by atoms with E-state index in [0.717, 1.165) is 16.8 Å². The highest BCUT2D eigenvalue weighted by Gasteiger charge is 2.34. The molecule has 11 nitrogen and oxygen atoms in total. The van der Waals surface area contributed by atoms with Gasteiger partial charge >= 0.3 is 6.18 Å². The number of hydrogen-bond acceptors (Lipinski definition) is 8. The third-order valence-electron chi connectivity index (χ3n) is 6.87. The predicted octanol–water partition coefficient (Wildman–Crippen LogP) is 3.99. The number of carbonyl (C=O) groups is 1. The van der Waals surface area contributed by atoms with E-state index in [1.54, 1.807) is 17.9 Å². The second kappa shape index (κ2) is 11.0. The molecule has 1 amide bonds. The number of nitrogens with one attached hydrogen (secondary N) is 2. The molecule has 0 saturated carbocycles. The van der Waals surface area contributed by atoms with Crippen molar-refractivity contribution in [1.29, 1.82) is 0 Å². The van der Waals surface area contributed by atoms with Gasteiger partial charge in [-0.3, -0.25) is 9.48 Å². The van der Waals surface area contributed by atoms with Gasteiger partial charge < -0.3 is 20.1 Å². The zero-order valence-electron chi connectivity index (χ0n) is 23.3. The van der Waals surface area contributed by atoms with E-state index in [4.69, 9.17) is 4.52 Å². The molecule has 16 heteroatoms. The summed E-state index contributed by atoms with van der Waals surface area (Å²) in [5.41, 5.74) is -0.419. The first-order valence-corrected chi connectivity index (χ1v) is 13.2. The summed E-state index contributed by atoms with van der Waals surface area (Å²) in [4.78, 5) is 18.5. The first-order chi connectivity index (χ1) is 19.7. The quantitative estimate of drug-likeness (QED) is 0.308. The normalized spacial score (nSPS) is 18.5. The minimum Gasteiger partial charge on any atom is -0.377 e. The minimum atomic E-state index is -4.68. The molecule has 1 aliphatic heterocycles. The maximum absolute atomic E-state index is 14.7. The van der Waals surface area contributed by atoms with Crippen LogP contribution in [0.3, 0.4) is 0 Å². The lowest BCUT2D eigenvalue weighted by Crippen LogP contribution is -2.46. The molecule has 1 saturated heterocycles. The third kappa shape index (κ3) is 6.37. The highest BCUT2D eigenvalue weighted by atomic mass is 19.4. The lowest BCUT2D eigenvalue weighted by Gasteiger charge is -2.33. The maximum Gasteiger partial charge on any atom is 0.394 e. The van der Waals surface area contributed by atoms with Crippen LogP contribution >= 0.6 is 0 Å². The van der Waals surface area contributed by atoms with Gasteiger partial charge in [0.1, 0.15) is 17.5 Å². The van der Waals surface area contributed by atoms with Crippen LogP contribution < -0.4 is 10.6 Å². The van der Waals surface area contributed by atoms with Crippen molar-refractivity contribution in [2.75, 3.05) is 25.5 Å². The smallest absolute Gasteiger partial charge is 0.377 e. The van der Waals surface area contributed by atoms with E-state index in [1.165, 1.54) is 6.20 Å². The molecule has 0 spiro atoms. The molecule has 226 valence electrons. The molecule has 2 N–H and O–H groups in total. The summed E-state index contributed by atoms with van der Waals surface area (Å²) in [6.07, 6.45) is -4.04. The molecule has 0 unspecified atom stereocenters. The second-order valence-corrected chi connectivity index (χ2v) is 11.3. The summed E-state index contributed by atoms with van der Waals surface area (Å²) in [6.45, 7) is 6.29. The highest BCUT2D eigenvalue weighted by Crippen LogP contribution is 2.33. The number of aromatic nitrogens is 6. The Balaban J connectivity index is 1.43.